The van der Waals surface area contributed by atoms with Gasteiger partial charge in [0.15, 0.2) is 5.82 Å². The van der Waals surface area contributed by atoms with Crippen molar-refractivity contribution in [3.05, 3.63) is 46.1 Å². The number of non-ortho nitro benzene ring substituents is 1. The highest BCUT2D eigenvalue weighted by Gasteiger charge is 2.08. The second kappa shape index (κ2) is 6.57. The van der Waals surface area contributed by atoms with E-state index in [1.807, 2.05) is 0 Å². The van der Waals surface area contributed by atoms with Gasteiger partial charge in [0.2, 0.25) is 5.91 Å². The number of aryl methyl sites for hydroxylation is 1. The minimum atomic E-state index is -0.513. The Bertz CT molecular complexity index is 637. The topological polar surface area (TPSA) is 120 Å². The molecule has 0 unspecified atom stereocenters. The number of rotatable bonds is 6. The number of nitro groups is 1. The highest BCUT2D eigenvalue weighted by molar-refractivity contribution is 5.91. The van der Waals surface area contributed by atoms with Crippen molar-refractivity contribution in [2.24, 2.45) is 0 Å². The van der Waals surface area contributed by atoms with Gasteiger partial charge in [-0.2, -0.15) is 4.98 Å². The molecule has 9 heteroatoms. The van der Waals surface area contributed by atoms with Crippen LogP contribution in [0.25, 0.3) is 0 Å². The molecular formula is C12H12N4O5. The molecular weight excluding hydrogens is 280 g/mol. The number of nitrogens with zero attached hydrogens (tertiary/aromatic N) is 3. The fourth-order valence-electron chi connectivity index (χ4n) is 1.49. The Balaban J connectivity index is 1.77. The molecule has 0 bridgehead atoms. The van der Waals surface area contributed by atoms with Gasteiger partial charge in [0.25, 0.3) is 11.6 Å². The predicted molar refractivity (Wildman–Crippen MR) is 70.4 cm³/mol. The predicted octanol–water partition coefficient (Wildman–Crippen LogP) is 1.44. The minimum absolute atomic E-state index is 0.0362. The second-order valence-electron chi connectivity index (χ2n) is 4.08. The number of anilines is 1. The standard InChI is InChI=1S/C12H12N4O5/c1-8-13-12(21-15-8)7-20-6-11(17)14-9-2-4-10(5-3-9)16(18)19/h2-5H,6-7H2,1H3,(H,14,17). The lowest BCUT2D eigenvalue weighted by atomic mass is 10.3. The zero-order chi connectivity index (χ0) is 15.2. The van der Waals surface area contributed by atoms with Crippen LogP contribution in [0.15, 0.2) is 28.8 Å². The first-order valence-electron chi connectivity index (χ1n) is 5.96. The van der Waals surface area contributed by atoms with Crippen LogP contribution in [0.2, 0.25) is 0 Å². The van der Waals surface area contributed by atoms with Gasteiger partial charge in [-0.15, -0.1) is 0 Å². The summed E-state index contributed by atoms with van der Waals surface area (Å²) in [7, 11) is 0. The normalized spacial score (nSPS) is 10.3. The molecule has 2 aromatic rings. The molecule has 1 N–H and O–H groups in total. The van der Waals surface area contributed by atoms with Gasteiger partial charge in [0.1, 0.15) is 13.2 Å². The zero-order valence-electron chi connectivity index (χ0n) is 11.1. The lowest BCUT2D eigenvalue weighted by Gasteiger charge is -2.04. The number of hydrogen-bond acceptors (Lipinski definition) is 7. The Morgan fingerprint density at radius 1 is 1.43 bits per heavy atom. The number of hydrogen-bond donors (Lipinski definition) is 1. The smallest absolute Gasteiger partial charge is 0.269 e. The average molecular weight is 292 g/mol. The maximum Gasteiger partial charge on any atom is 0.269 e. The van der Waals surface area contributed by atoms with E-state index in [0.717, 1.165) is 0 Å². The monoisotopic (exact) mass is 292 g/mol. The second-order valence-corrected chi connectivity index (χ2v) is 4.08. The van der Waals surface area contributed by atoms with Crippen molar-refractivity contribution in [1.29, 1.82) is 0 Å². The molecule has 0 aliphatic carbocycles. The van der Waals surface area contributed by atoms with Crippen molar-refractivity contribution >= 4 is 17.3 Å². The summed E-state index contributed by atoms with van der Waals surface area (Å²) < 4.78 is 9.93. The van der Waals surface area contributed by atoms with Crippen molar-refractivity contribution in [3.8, 4) is 0 Å². The van der Waals surface area contributed by atoms with E-state index in [9.17, 15) is 14.9 Å². The Hall–Kier alpha value is -2.81. The molecule has 0 saturated carbocycles. The molecule has 0 aliphatic rings. The molecule has 1 aromatic heterocycles. The van der Waals surface area contributed by atoms with Gasteiger partial charge >= 0.3 is 0 Å². The number of nitro benzene ring substituents is 1. The van der Waals surface area contributed by atoms with Gasteiger partial charge in [0.05, 0.1) is 4.92 Å². The van der Waals surface area contributed by atoms with Crippen LogP contribution < -0.4 is 5.32 Å². The maximum atomic E-state index is 11.6. The van der Waals surface area contributed by atoms with Gasteiger partial charge < -0.3 is 14.6 Å². The van der Waals surface area contributed by atoms with Crippen LogP contribution in [0.3, 0.4) is 0 Å². The average Bonchev–Trinajstić information content (AvgIpc) is 2.85. The van der Waals surface area contributed by atoms with E-state index < -0.39 is 4.92 Å². The van der Waals surface area contributed by atoms with E-state index in [4.69, 9.17) is 9.26 Å². The van der Waals surface area contributed by atoms with E-state index in [-0.39, 0.29) is 30.7 Å². The van der Waals surface area contributed by atoms with Crippen LogP contribution in [-0.4, -0.2) is 27.6 Å². The van der Waals surface area contributed by atoms with Crippen LogP contribution in [0.4, 0.5) is 11.4 Å². The van der Waals surface area contributed by atoms with Crippen molar-refractivity contribution < 1.29 is 19.0 Å². The molecule has 0 aliphatic heterocycles. The third-order valence-electron chi connectivity index (χ3n) is 2.39. The molecule has 1 aromatic carbocycles. The van der Waals surface area contributed by atoms with E-state index in [1.54, 1.807) is 6.92 Å². The molecule has 0 fully saturated rings. The molecule has 0 spiro atoms. The first-order chi connectivity index (χ1) is 10.0. The van der Waals surface area contributed by atoms with Crippen LogP contribution in [0.5, 0.6) is 0 Å². The summed E-state index contributed by atoms with van der Waals surface area (Å²) in [6.45, 7) is 1.52. The van der Waals surface area contributed by atoms with E-state index in [2.05, 4.69) is 15.5 Å². The zero-order valence-corrected chi connectivity index (χ0v) is 11.1. The van der Waals surface area contributed by atoms with Crippen molar-refractivity contribution in [3.63, 3.8) is 0 Å². The van der Waals surface area contributed by atoms with E-state index >= 15 is 0 Å². The first kappa shape index (κ1) is 14.6. The summed E-state index contributed by atoms with van der Waals surface area (Å²) >= 11 is 0. The summed E-state index contributed by atoms with van der Waals surface area (Å²) in [6.07, 6.45) is 0. The van der Waals surface area contributed by atoms with Crippen molar-refractivity contribution in [2.45, 2.75) is 13.5 Å². The lowest BCUT2D eigenvalue weighted by Crippen LogP contribution is -2.18. The van der Waals surface area contributed by atoms with Crippen LogP contribution >= 0.6 is 0 Å². The molecule has 0 atom stereocenters. The third-order valence-corrected chi connectivity index (χ3v) is 2.39. The van der Waals surface area contributed by atoms with Crippen molar-refractivity contribution in [2.75, 3.05) is 11.9 Å². The summed E-state index contributed by atoms with van der Waals surface area (Å²) in [6, 6.07) is 5.49. The van der Waals surface area contributed by atoms with E-state index in [0.29, 0.717) is 11.5 Å². The number of aromatic nitrogens is 2. The summed E-state index contributed by atoms with van der Waals surface area (Å²) in [5.41, 5.74) is 0.402. The Labute approximate surface area is 119 Å². The van der Waals surface area contributed by atoms with Gasteiger partial charge in [-0.25, -0.2) is 0 Å². The number of carbonyl (C=O) groups is 1. The number of carbonyl (C=O) groups excluding carboxylic acids is 1. The molecule has 0 saturated heterocycles. The van der Waals surface area contributed by atoms with Gasteiger partial charge in [-0.3, -0.25) is 14.9 Å². The first-order valence-corrected chi connectivity index (χ1v) is 5.96. The molecule has 110 valence electrons. The third kappa shape index (κ3) is 4.35. The Morgan fingerprint density at radius 2 is 2.14 bits per heavy atom. The summed E-state index contributed by atoms with van der Waals surface area (Å²) in [4.78, 5) is 25.5. The Morgan fingerprint density at radius 3 is 2.71 bits per heavy atom. The van der Waals surface area contributed by atoms with Crippen LogP contribution in [-0.2, 0) is 16.1 Å². The molecule has 2 rings (SSSR count). The number of benzene rings is 1. The van der Waals surface area contributed by atoms with Gasteiger partial charge in [0, 0.05) is 17.8 Å². The van der Waals surface area contributed by atoms with Gasteiger partial charge in [-0.05, 0) is 19.1 Å². The van der Waals surface area contributed by atoms with Crippen LogP contribution in [0, 0.1) is 17.0 Å². The molecule has 1 amide bonds. The van der Waals surface area contributed by atoms with E-state index in [1.165, 1.54) is 24.3 Å². The summed E-state index contributed by atoms with van der Waals surface area (Å²) in [5, 5.41) is 16.6. The molecule has 9 nitrogen and oxygen atoms in total. The molecule has 21 heavy (non-hydrogen) atoms. The Kier molecular flexibility index (Phi) is 4.57. The lowest BCUT2D eigenvalue weighted by molar-refractivity contribution is -0.384. The fraction of sp³-hybridized carbons (Fsp3) is 0.250. The van der Waals surface area contributed by atoms with Gasteiger partial charge in [-0.1, -0.05) is 5.16 Å². The number of nitrogens with one attached hydrogen (secondary N) is 1. The maximum absolute atomic E-state index is 11.6. The minimum Gasteiger partial charge on any atom is -0.362 e. The number of ether oxygens (including phenoxy) is 1. The SMILES string of the molecule is Cc1noc(COCC(=O)Nc2ccc([N+](=O)[O-])cc2)n1. The fourth-order valence-corrected chi connectivity index (χ4v) is 1.49. The van der Waals surface area contributed by atoms with Crippen LogP contribution in [0.1, 0.15) is 11.7 Å². The van der Waals surface area contributed by atoms with Crippen molar-refractivity contribution in [1.82, 2.24) is 10.1 Å². The quantitative estimate of drug-likeness (QED) is 0.631. The molecule has 0 radical (unpaired) electrons. The highest BCUT2D eigenvalue weighted by Crippen LogP contribution is 2.15. The number of amides is 1. The highest BCUT2D eigenvalue weighted by atomic mass is 16.6. The molecule has 1 heterocycles. The summed E-state index contributed by atoms with van der Waals surface area (Å²) in [5.74, 6) is 0.389. The largest absolute Gasteiger partial charge is 0.362 e.